The van der Waals surface area contributed by atoms with Gasteiger partial charge in [-0.3, -0.25) is 9.89 Å². The zero-order valence-electron chi connectivity index (χ0n) is 16.5. The van der Waals surface area contributed by atoms with E-state index in [1.54, 1.807) is 7.11 Å². The van der Waals surface area contributed by atoms with Crippen LogP contribution in [0.15, 0.2) is 29.3 Å². The summed E-state index contributed by atoms with van der Waals surface area (Å²) in [5, 5.41) is 3.39. The normalized spacial score (nSPS) is 15.7. The van der Waals surface area contributed by atoms with Crippen molar-refractivity contribution in [3.8, 4) is 5.75 Å². The molecule has 0 spiro atoms. The SMILES string of the molecule is CCNC(=NCCCCN1CCOCC1)N(C)Cc1ccc(OC)cc1. The highest BCUT2D eigenvalue weighted by Gasteiger charge is 2.09. The van der Waals surface area contributed by atoms with Gasteiger partial charge in [-0.15, -0.1) is 0 Å². The molecular formula is C20H34N4O2. The van der Waals surface area contributed by atoms with E-state index in [-0.39, 0.29) is 0 Å². The van der Waals surface area contributed by atoms with E-state index >= 15 is 0 Å². The van der Waals surface area contributed by atoms with Crippen molar-refractivity contribution in [2.24, 2.45) is 4.99 Å². The summed E-state index contributed by atoms with van der Waals surface area (Å²) in [5.41, 5.74) is 1.24. The van der Waals surface area contributed by atoms with Crippen molar-refractivity contribution < 1.29 is 9.47 Å². The van der Waals surface area contributed by atoms with Gasteiger partial charge >= 0.3 is 0 Å². The Bertz CT molecular complexity index is 527. The second-order valence-electron chi connectivity index (χ2n) is 6.60. The summed E-state index contributed by atoms with van der Waals surface area (Å²) in [6.07, 6.45) is 2.30. The molecule has 0 bridgehead atoms. The number of hydrogen-bond acceptors (Lipinski definition) is 4. The van der Waals surface area contributed by atoms with Crippen LogP contribution in [0.25, 0.3) is 0 Å². The van der Waals surface area contributed by atoms with Crippen LogP contribution in [0.1, 0.15) is 25.3 Å². The van der Waals surface area contributed by atoms with Crippen LogP contribution in [-0.4, -0.2) is 75.9 Å². The highest BCUT2D eigenvalue weighted by atomic mass is 16.5. The average molecular weight is 363 g/mol. The maximum Gasteiger partial charge on any atom is 0.193 e. The van der Waals surface area contributed by atoms with Crippen molar-refractivity contribution >= 4 is 5.96 Å². The smallest absolute Gasteiger partial charge is 0.193 e. The number of ether oxygens (including phenoxy) is 2. The van der Waals surface area contributed by atoms with Gasteiger partial charge in [-0.25, -0.2) is 0 Å². The summed E-state index contributed by atoms with van der Waals surface area (Å²) < 4.78 is 10.6. The standard InChI is InChI=1S/C20H34N4O2/c1-4-21-20(22-11-5-6-12-24-13-15-26-16-14-24)23(2)17-18-7-9-19(25-3)10-8-18/h7-10H,4-6,11-17H2,1-3H3,(H,21,22). The van der Waals surface area contributed by atoms with Gasteiger partial charge in [0.1, 0.15) is 5.75 Å². The molecular weight excluding hydrogens is 328 g/mol. The summed E-state index contributed by atoms with van der Waals surface area (Å²) in [6.45, 7) is 9.69. The molecule has 2 rings (SSSR count). The van der Waals surface area contributed by atoms with Gasteiger partial charge in [0.25, 0.3) is 0 Å². The first-order chi connectivity index (χ1) is 12.7. The fourth-order valence-electron chi connectivity index (χ4n) is 3.01. The molecule has 1 aromatic rings. The molecule has 1 N–H and O–H groups in total. The number of morpholine rings is 1. The Morgan fingerprint density at radius 2 is 1.96 bits per heavy atom. The van der Waals surface area contributed by atoms with E-state index in [2.05, 4.69) is 41.2 Å². The number of nitrogens with one attached hydrogen (secondary N) is 1. The van der Waals surface area contributed by atoms with E-state index in [4.69, 9.17) is 14.5 Å². The van der Waals surface area contributed by atoms with Gasteiger partial charge in [-0.05, 0) is 44.0 Å². The quantitative estimate of drug-likeness (QED) is 0.415. The van der Waals surface area contributed by atoms with Crippen molar-refractivity contribution in [2.75, 3.05) is 60.1 Å². The Hall–Kier alpha value is -1.79. The molecule has 1 heterocycles. The van der Waals surface area contributed by atoms with E-state index in [1.165, 1.54) is 12.0 Å². The Morgan fingerprint density at radius 1 is 1.23 bits per heavy atom. The van der Waals surface area contributed by atoms with Crippen LogP contribution in [0.3, 0.4) is 0 Å². The average Bonchev–Trinajstić information content (AvgIpc) is 2.68. The van der Waals surface area contributed by atoms with E-state index in [1.807, 2.05) is 12.1 Å². The van der Waals surface area contributed by atoms with Gasteiger partial charge in [0.15, 0.2) is 5.96 Å². The number of methoxy groups -OCH3 is 1. The first-order valence-electron chi connectivity index (χ1n) is 9.65. The fraction of sp³-hybridized carbons (Fsp3) is 0.650. The Kier molecular flexibility index (Phi) is 9.28. The second kappa shape index (κ2) is 11.8. The molecule has 0 radical (unpaired) electrons. The molecule has 0 atom stereocenters. The Balaban J connectivity index is 1.76. The minimum Gasteiger partial charge on any atom is -0.497 e. The molecule has 1 aromatic carbocycles. The number of aliphatic imine (C=N–C) groups is 1. The third kappa shape index (κ3) is 7.22. The van der Waals surface area contributed by atoms with E-state index in [0.29, 0.717) is 0 Å². The maximum absolute atomic E-state index is 5.39. The number of unbranched alkanes of at least 4 members (excludes halogenated alkanes) is 1. The van der Waals surface area contributed by atoms with Gasteiger partial charge in [-0.2, -0.15) is 0 Å². The molecule has 0 amide bonds. The second-order valence-corrected chi connectivity index (χ2v) is 6.60. The summed E-state index contributed by atoms with van der Waals surface area (Å²) in [4.78, 5) is 9.44. The van der Waals surface area contributed by atoms with Crippen molar-refractivity contribution in [3.63, 3.8) is 0 Å². The van der Waals surface area contributed by atoms with Crippen LogP contribution < -0.4 is 10.1 Å². The van der Waals surface area contributed by atoms with Gasteiger partial charge < -0.3 is 19.7 Å². The third-order valence-electron chi connectivity index (χ3n) is 4.52. The molecule has 6 nitrogen and oxygen atoms in total. The molecule has 26 heavy (non-hydrogen) atoms. The Morgan fingerprint density at radius 3 is 2.62 bits per heavy atom. The molecule has 0 aromatic heterocycles. The lowest BCUT2D eigenvalue weighted by Crippen LogP contribution is -2.38. The molecule has 1 aliphatic heterocycles. The predicted octanol–water partition coefficient (Wildman–Crippen LogP) is 2.20. The number of benzene rings is 1. The van der Waals surface area contributed by atoms with Crippen LogP contribution in [0.2, 0.25) is 0 Å². The lowest BCUT2D eigenvalue weighted by Gasteiger charge is -2.26. The van der Waals surface area contributed by atoms with Gasteiger partial charge in [0, 0.05) is 39.8 Å². The summed E-state index contributed by atoms with van der Waals surface area (Å²) >= 11 is 0. The summed E-state index contributed by atoms with van der Waals surface area (Å²) in [6, 6.07) is 8.19. The zero-order chi connectivity index (χ0) is 18.6. The first kappa shape index (κ1) is 20.5. The van der Waals surface area contributed by atoms with Crippen molar-refractivity contribution in [2.45, 2.75) is 26.3 Å². The fourth-order valence-corrected chi connectivity index (χ4v) is 3.01. The zero-order valence-corrected chi connectivity index (χ0v) is 16.5. The lowest BCUT2D eigenvalue weighted by molar-refractivity contribution is 0.0373. The predicted molar refractivity (Wildman–Crippen MR) is 107 cm³/mol. The molecule has 0 saturated carbocycles. The van der Waals surface area contributed by atoms with Crippen LogP contribution in [0.4, 0.5) is 0 Å². The molecule has 6 heteroatoms. The molecule has 0 aliphatic carbocycles. The van der Waals surface area contributed by atoms with Crippen molar-refractivity contribution in [3.05, 3.63) is 29.8 Å². The number of nitrogens with zero attached hydrogens (tertiary/aromatic N) is 3. The van der Waals surface area contributed by atoms with Gasteiger partial charge in [-0.1, -0.05) is 12.1 Å². The molecule has 146 valence electrons. The van der Waals surface area contributed by atoms with E-state index in [9.17, 15) is 0 Å². The largest absolute Gasteiger partial charge is 0.497 e. The number of guanidine groups is 1. The number of hydrogen-bond donors (Lipinski definition) is 1. The third-order valence-corrected chi connectivity index (χ3v) is 4.52. The lowest BCUT2D eigenvalue weighted by atomic mass is 10.2. The highest BCUT2D eigenvalue weighted by Crippen LogP contribution is 2.12. The van der Waals surface area contributed by atoms with Crippen molar-refractivity contribution in [1.29, 1.82) is 0 Å². The van der Waals surface area contributed by atoms with E-state index in [0.717, 1.165) is 70.6 Å². The molecule has 0 unspecified atom stereocenters. The minimum atomic E-state index is 0.823. The summed E-state index contributed by atoms with van der Waals surface area (Å²) in [5.74, 6) is 1.85. The van der Waals surface area contributed by atoms with Crippen LogP contribution >= 0.6 is 0 Å². The van der Waals surface area contributed by atoms with E-state index < -0.39 is 0 Å². The van der Waals surface area contributed by atoms with Crippen LogP contribution in [-0.2, 0) is 11.3 Å². The molecule has 1 aliphatic rings. The van der Waals surface area contributed by atoms with Gasteiger partial charge in [0.05, 0.1) is 20.3 Å². The highest BCUT2D eigenvalue weighted by molar-refractivity contribution is 5.79. The first-order valence-corrected chi connectivity index (χ1v) is 9.65. The molecule has 1 fully saturated rings. The number of rotatable bonds is 9. The van der Waals surface area contributed by atoms with Crippen molar-refractivity contribution in [1.82, 2.24) is 15.1 Å². The van der Waals surface area contributed by atoms with Crippen LogP contribution in [0, 0.1) is 0 Å². The topological polar surface area (TPSA) is 49.3 Å². The summed E-state index contributed by atoms with van der Waals surface area (Å²) in [7, 11) is 3.77. The Labute approximate surface area is 158 Å². The molecule has 1 saturated heterocycles. The monoisotopic (exact) mass is 362 g/mol. The van der Waals surface area contributed by atoms with Gasteiger partial charge in [0.2, 0.25) is 0 Å². The van der Waals surface area contributed by atoms with Crippen LogP contribution in [0.5, 0.6) is 5.75 Å². The maximum atomic E-state index is 5.39. The minimum absolute atomic E-state index is 0.823.